The molecule has 0 bridgehead atoms. The van der Waals surface area contributed by atoms with Crippen molar-refractivity contribution in [3.05, 3.63) is 48.0 Å². The number of carbonyl (C=O) groups excluding carboxylic acids is 1. The van der Waals surface area contributed by atoms with E-state index in [9.17, 15) is 22.1 Å². The van der Waals surface area contributed by atoms with E-state index in [1.807, 2.05) is 36.4 Å². The molecule has 7 heteroatoms. The SMILES string of the molecule is C[S+](C)CC(=O)c1ccc2ccccc2c1.F[B-](F)(F)F. The van der Waals surface area contributed by atoms with E-state index < -0.39 is 7.25 Å². The first-order valence-electron chi connectivity index (χ1n) is 6.10. The van der Waals surface area contributed by atoms with Crippen molar-refractivity contribution in [3.63, 3.8) is 0 Å². The third-order valence-electron chi connectivity index (χ3n) is 2.49. The maximum atomic E-state index is 11.9. The Morgan fingerprint density at radius 3 is 2.05 bits per heavy atom. The summed E-state index contributed by atoms with van der Waals surface area (Å²) in [5.74, 6) is 0.900. The van der Waals surface area contributed by atoms with Gasteiger partial charge in [-0.05, 0) is 27.7 Å². The molecular weight excluding hydrogens is 303 g/mol. The fourth-order valence-corrected chi connectivity index (χ4v) is 2.40. The van der Waals surface area contributed by atoms with Gasteiger partial charge in [0.25, 0.3) is 0 Å². The van der Waals surface area contributed by atoms with Crippen molar-refractivity contribution in [3.8, 4) is 0 Å². The molecule has 2 aromatic carbocycles. The first kappa shape index (κ1) is 17.6. The first-order chi connectivity index (χ1) is 9.66. The molecule has 0 amide bonds. The van der Waals surface area contributed by atoms with Gasteiger partial charge in [-0.15, -0.1) is 0 Å². The Kier molecular flexibility index (Phi) is 6.27. The van der Waals surface area contributed by atoms with Crippen molar-refractivity contribution in [1.82, 2.24) is 0 Å². The van der Waals surface area contributed by atoms with Crippen LogP contribution in [0.15, 0.2) is 42.5 Å². The van der Waals surface area contributed by atoms with Crippen LogP contribution in [0.1, 0.15) is 10.4 Å². The van der Waals surface area contributed by atoms with Crippen LogP contribution in [0.3, 0.4) is 0 Å². The number of benzene rings is 2. The summed E-state index contributed by atoms with van der Waals surface area (Å²) in [6.07, 6.45) is 4.19. The molecule has 0 unspecified atom stereocenters. The average Bonchev–Trinajstić information content (AvgIpc) is 2.35. The Morgan fingerprint density at radius 2 is 1.52 bits per heavy atom. The Hall–Kier alpha value is -1.50. The van der Waals surface area contributed by atoms with E-state index in [1.54, 1.807) is 0 Å². The zero-order valence-electron chi connectivity index (χ0n) is 11.7. The van der Waals surface area contributed by atoms with Gasteiger partial charge in [0.2, 0.25) is 5.78 Å². The third kappa shape index (κ3) is 7.18. The van der Waals surface area contributed by atoms with Crippen molar-refractivity contribution in [2.45, 2.75) is 0 Å². The summed E-state index contributed by atoms with van der Waals surface area (Å²) in [5.41, 5.74) is 0.833. The number of ketones is 1. The minimum Gasteiger partial charge on any atom is -0.418 e. The smallest absolute Gasteiger partial charge is 0.418 e. The molecule has 0 saturated carbocycles. The predicted molar refractivity (Wildman–Crippen MR) is 82.5 cm³/mol. The van der Waals surface area contributed by atoms with Crippen LogP contribution in [-0.2, 0) is 10.9 Å². The van der Waals surface area contributed by atoms with Crippen molar-refractivity contribution in [2.75, 3.05) is 18.3 Å². The van der Waals surface area contributed by atoms with Gasteiger partial charge < -0.3 is 17.3 Å². The van der Waals surface area contributed by atoms with Crippen molar-refractivity contribution in [2.24, 2.45) is 0 Å². The van der Waals surface area contributed by atoms with Crippen molar-refractivity contribution in [1.29, 1.82) is 0 Å². The van der Waals surface area contributed by atoms with Gasteiger partial charge in [0.15, 0.2) is 5.75 Å². The summed E-state index contributed by atoms with van der Waals surface area (Å²) in [4.78, 5) is 11.9. The molecule has 0 atom stereocenters. The lowest BCUT2D eigenvalue weighted by molar-refractivity contribution is 0.102. The van der Waals surface area contributed by atoms with Gasteiger partial charge in [0.1, 0.15) is 0 Å². The molecule has 0 radical (unpaired) electrons. The second-order valence-corrected chi connectivity index (χ2v) is 6.87. The maximum Gasteiger partial charge on any atom is 0.673 e. The predicted octanol–water partition coefficient (Wildman–Crippen LogP) is 4.20. The number of hydrogen-bond donors (Lipinski definition) is 0. The van der Waals surface area contributed by atoms with E-state index >= 15 is 0 Å². The van der Waals surface area contributed by atoms with Crippen LogP contribution in [0.4, 0.5) is 17.3 Å². The van der Waals surface area contributed by atoms with Crippen LogP contribution >= 0.6 is 0 Å². The van der Waals surface area contributed by atoms with Gasteiger partial charge in [0.05, 0.1) is 12.5 Å². The molecule has 2 rings (SSSR count). The average molecular weight is 318 g/mol. The van der Waals surface area contributed by atoms with Crippen LogP contribution in [0, 0.1) is 0 Å². The maximum absolute atomic E-state index is 11.9. The zero-order chi connectivity index (χ0) is 16.0. The topological polar surface area (TPSA) is 17.1 Å². The summed E-state index contributed by atoms with van der Waals surface area (Å²) in [5, 5.41) is 2.33. The monoisotopic (exact) mass is 318 g/mol. The lowest BCUT2D eigenvalue weighted by Crippen LogP contribution is -2.13. The van der Waals surface area contributed by atoms with Crippen molar-refractivity contribution >= 4 is 34.7 Å². The van der Waals surface area contributed by atoms with Gasteiger partial charge >= 0.3 is 7.25 Å². The van der Waals surface area contributed by atoms with Gasteiger partial charge in [-0.3, -0.25) is 4.79 Å². The fourth-order valence-electron chi connectivity index (χ4n) is 1.71. The van der Waals surface area contributed by atoms with Gasteiger partial charge in [0, 0.05) is 5.56 Å². The minimum absolute atomic E-state index is 0.171. The molecule has 0 N–H and O–H groups in total. The summed E-state index contributed by atoms with van der Waals surface area (Å²) in [6.45, 7) is 0. The number of Topliss-reactive ketones (excluding diaryl/α,β-unsaturated/α-hetero) is 1. The highest BCUT2D eigenvalue weighted by molar-refractivity contribution is 7.96. The number of fused-ring (bicyclic) bond motifs is 1. The first-order valence-corrected chi connectivity index (χ1v) is 8.31. The summed E-state index contributed by atoms with van der Waals surface area (Å²) >= 11 is 0. The molecule has 0 fully saturated rings. The van der Waals surface area contributed by atoms with Gasteiger partial charge in [-0.1, -0.05) is 36.4 Å². The molecule has 2 aromatic rings. The fraction of sp³-hybridized carbons (Fsp3) is 0.214. The number of rotatable bonds is 3. The molecule has 0 spiro atoms. The third-order valence-corrected chi connectivity index (χ3v) is 3.33. The zero-order valence-corrected chi connectivity index (χ0v) is 12.5. The number of carbonyl (C=O) groups is 1. The molecule has 0 aliphatic heterocycles. The van der Waals surface area contributed by atoms with Crippen LogP contribution in [0.2, 0.25) is 0 Å². The molecular formula is C14H15BF4OS. The Balaban J connectivity index is 0.000000383. The molecule has 21 heavy (non-hydrogen) atoms. The molecule has 114 valence electrons. The molecule has 0 aliphatic rings. The Labute approximate surface area is 123 Å². The highest BCUT2D eigenvalue weighted by Gasteiger charge is 2.20. The molecule has 0 aromatic heterocycles. The van der Waals surface area contributed by atoms with E-state index in [1.165, 1.54) is 5.39 Å². The highest BCUT2D eigenvalue weighted by atomic mass is 32.2. The molecule has 0 heterocycles. The number of halogens is 4. The second kappa shape index (κ2) is 7.50. The van der Waals surface area contributed by atoms with Gasteiger partial charge in [-0.25, -0.2) is 0 Å². The van der Waals surface area contributed by atoms with Crippen LogP contribution in [0.5, 0.6) is 0 Å². The largest absolute Gasteiger partial charge is 0.673 e. The van der Waals surface area contributed by atoms with E-state index in [0.717, 1.165) is 10.9 Å². The summed E-state index contributed by atoms with van der Waals surface area (Å²) in [7, 11) is -5.83. The highest BCUT2D eigenvalue weighted by Crippen LogP contribution is 2.16. The summed E-state index contributed by atoms with van der Waals surface area (Å²) < 4.78 is 39.0. The van der Waals surface area contributed by atoms with Crippen LogP contribution in [0.25, 0.3) is 10.8 Å². The quantitative estimate of drug-likeness (QED) is 0.359. The molecule has 0 saturated heterocycles. The molecule has 1 nitrogen and oxygen atoms in total. The van der Waals surface area contributed by atoms with E-state index in [2.05, 4.69) is 18.6 Å². The molecule has 0 aliphatic carbocycles. The lowest BCUT2D eigenvalue weighted by atomic mass is 10.1. The van der Waals surface area contributed by atoms with Crippen molar-refractivity contribution < 1.29 is 22.1 Å². The van der Waals surface area contributed by atoms with E-state index in [4.69, 9.17) is 0 Å². The number of hydrogen-bond acceptors (Lipinski definition) is 1. The standard InChI is InChI=1S/C14H15OS.BF4/c1-16(2)10-14(15)13-8-7-11-5-3-4-6-12(11)9-13;2-1(3,4)5/h3-9H,10H2,1-2H3;/q+1;-1. The minimum atomic E-state index is -6.00. The second-order valence-electron chi connectivity index (χ2n) is 4.61. The van der Waals surface area contributed by atoms with E-state index in [-0.39, 0.29) is 16.7 Å². The Morgan fingerprint density at radius 1 is 1.00 bits per heavy atom. The van der Waals surface area contributed by atoms with E-state index in [0.29, 0.717) is 5.75 Å². The van der Waals surface area contributed by atoms with Gasteiger partial charge in [-0.2, -0.15) is 0 Å². The Bertz CT molecular complexity index is 607. The summed E-state index contributed by atoms with van der Waals surface area (Å²) in [6, 6.07) is 14.1. The van der Waals surface area contributed by atoms with Crippen LogP contribution in [-0.4, -0.2) is 31.3 Å². The van der Waals surface area contributed by atoms with Crippen LogP contribution < -0.4 is 0 Å². The lowest BCUT2D eigenvalue weighted by Gasteiger charge is -2.01. The normalized spacial score (nSPS) is 11.2.